The Kier molecular flexibility index (Phi) is 7.39. The molecule has 4 heteroatoms. The number of piperidine rings is 1. The number of carbonyl (C=O) groups is 1. The van der Waals surface area contributed by atoms with E-state index in [-0.39, 0.29) is 11.9 Å². The molecule has 4 rings (SSSR count). The highest BCUT2D eigenvalue weighted by Crippen LogP contribution is 2.27. The van der Waals surface area contributed by atoms with Crippen molar-refractivity contribution in [3.05, 3.63) is 59.2 Å². The lowest BCUT2D eigenvalue weighted by Gasteiger charge is -2.32. The molecule has 0 saturated carbocycles. The number of hydrogen-bond acceptors (Lipinski definition) is 3. The standard InChI is InChI=1S/C28H38N2O2/c1-4-27(32-26-14-11-23-7-5-6-8-24(23)19-26)28(31)29-21(3)22-9-12-25(13-10-22)30-17-15-20(2)16-18-30/h9-14,19-21,27H,4-8,15-18H2,1-3H3,(H,29,31)/t21-,27-/m0/s1. The van der Waals surface area contributed by atoms with Crippen LogP contribution in [0.3, 0.4) is 0 Å². The second-order valence-electron chi connectivity index (χ2n) is 9.64. The highest BCUT2D eigenvalue weighted by molar-refractivity contribution is 5.81. The molecule has 1 fully saturated rings. The van der Waals surface area contributed by atoms with Gasteiger partial charge in [0, 0.05) is 18.8 Å². The third kappa shape index (κ3) is 5.46. The SMILES string of the molecule is CC[C@H](Oc1ccc2c(c1)CCCC2)C(=O)N[C@@H](C)c1ccc(N2CCC(C)CC2)cc1. The molecule has 0 bridgehead atoms. The van der Waals surface area contributed by atoms with Crippen molar-refractivity contribution in [2.24, 2.45) is 5.92 Å². The Bertz CT molecular complexity index is 900. The molecule has 0 unspecified atom stereocenters. The Morgan fingerprint density at radius 3 is 2.44 bits per heavy atom. The molecule has 1 aliphatic carbocycles. The van der Waals surface area contributed by atoms with E-state index in [1.54, 1.807) is 0 Å². The number of amides is 1. The molecule has 32 heavy (non-hydrogen) atoms. The van der Waals surface area contributed by atoms with E-state index in [0.29, 0.717) is 6.42 Å². The first kappa shape index (κ1) is 22.7. The highest BCUT2D eigenvalue weighted by Gasteiger charge is 2.22. The van der Waals surface area contributed by atoms with Gasteiger partial charge in [0.2, 0.25) is 0 Å². The summed E-state index contributed by atoms with van der Waals surface area (Å²) in [5.74, 6) is 1.59. The molecule has 1 aliphatic heterocycles. The van der Waals surface area contributed by atoms with Gasteiger partial charge >= 0.3 is 0 Å². The lowest BCUT2D eigenvalue weighted by molar-refractivity contribution is -0.128. The Labute approximate surface area is 193 Å². The van der Waals surface area contributed by atoms with Crippen LogP contribution >= 0.6 is 0 Å². The molecule has 1 N–H and O–H groups in total. The molecular formula is C28H38N2O2. The fourth-order valence-electron chi connectivity index (χ4n) is 4.90. The number of hydrogen-bond donors (Lipinski definition) is 1. The maximum Gasteiger partial charge on any atom is 0.261 e. The van der Waals surface area contributed by atoms with Crippen molar-refractivity contribution in [2.75, 3.05) is 18.0 Å². The predicted molar refractivity (Wildman–Crippen MR) is 131 cm³/mol. The zero-order valence-electron chi connectivity index (χ0n) is 19.9. The molecular weight excluding hydrogens is 396 g/mol. The van der Waals surface area contributed by atoms with Gasteiger partial charge in [-0.1, -0.05) is 32.0 Å². The van der Waals surface area contributed by atoms with Crippen LogP contribution in [0.4, 0.5) is 5.69 Å². The molecule has 0 radical (unpaired) electrons. The summed E-state index contributed by atoms with van der Waals surface area (Å²) < 4.78 is 6.12. The fraction of sp³-hybridized carbons (Fsp3) is 0.536. The third-order valence-corrected chi connectivity index (χ3v) is 7.16. The van der Waals surface area contributed by atoms with Crippen LogP contribution in [0, 0.1) is 5.92 Å². The first-order chi connectivity index (χ1) is 15.5. The summed E-state index contributed by atoms with van der Waals surface area (Å²) in [6.45, 7) is 8.64. The molecule has 1 amide bonds. The average molecular weight is 435 g/mol. The van der Waals surface area contributed by atoms with Gasteiger partial charge in [-0.15, -0.1) is 0 Å². The van der Waals surface area contributed by atoms with Gasteiger partial charge in [-0.25, -0.2) is 0 Å². The van der Waals surface area contributed by atoms with Crippen molar-refractivity contribution < 1.29 is 9.53 Å². The van der Waals surface area contributed by atoms with Gasteiger partial charge in [-0.3, -0.25) is 4.79 Å². The second-order valence-corrected chi connectivity index (χ2v) is 9.64. The maximum absolute atomic E-state index is 13.0. The summed E-state index contributed by atoms with van der Waals surface area (Å²) in [5.41, 5.74) is 5.20. The number of ether oxygens (including phenoxy) is 1. The number of rotatable bonds is 7. The minimum atomic E-state index is -0.478. The number of benzene rings is 2. The minimum absolute atomic E-state index is 0.0492. The van der Waals surface area contributed by atoms with Gasteiger partial charge in [-0.2, -0.15) is 0 Å². The van der Waals surface area contributed by atoms with Crippen molar-refractivity contribution in [2.45, 2.75) is 77.9 Å². The normalized spacial score (nSPS) is 18.5. The minimum Gasteiger partial charge on any atom is -0.481 e. The lowest BCUT2D eigenvalue weighted by atomic mass is 9.92. The first-order valence-corrected chi connectivity index (χ1v) is 12.5. The van der Waals surface area contributed by atoms with Gasteiger partial charge in [0.1, 0.15) is 5.75 Å². The highest BCUT2D eigenvalue weighted by atomic mass is 16.5. The number of nitrogens with one attached hydrogen (secondary N) is 1. The van der Waals surface area contributed by atoms with Crippen molar-refractivity contribution in [3.8, 4) is 5.75 Å². The van der Waals surface area contributed by atoms with Crippen LogP contribution in [0.25, 0.3) is 0 Å². The predicted octanol–water partition coefficient (Wildman–Crippen LogP) is 5.84. The zero-order chi connectivity index (χ0) is 22.5. The van der Waals surface area contributed by atoms with E-state index in [0.717, 1.165) is 43.2 Å². The van der Waals surface area contributed by atoms with Crippen molar-refractivity contribution in [1.82, 2.24) is 5.32 Å². The van der Waals surface area contributed by atoms with E-state index in [1.807, 2.05) is 19.9 Å². The Morgan fingerprint density at radius 1 is 1.06 bits per heavy atom. The molecule has 2 aromatic rings. The average Bonchev–Trinajstić information content (AvgIpc) is 2.83. The lowest BCUT2D eigenvalue weighted by Crippen LogP contribution is -2.39. The van der Waals surface area contributed by atoms with Crippen molar-refractivity contribution in [1.29, 1.82) is 0 Å². The van der Waals surface area contributed by atoms with E-state index in [2.05, 4.69) is 53.5 Å². The van der Waals surface area contributed by atoms with Gasteiger partial charge in [0.25, 0.3) is 5.91 Å². The number of anilines is 1. The van der Waals surface area contributed by atoms with Gasteiger partial charge in [0.05, 0.1) is 6.04 Å². The van der Waals surface area contributed by atoms with Crippen LogP contribution in [-0.2, 0) is 17.6 Å². The molecule has 0 spiro atoms. The van der Waals surface area contributed by atoms with Gasteiger partial charge in [0.15, 0.2) is 6.10 Å². The van der Waals surface area contributed by atoms with E-state index < -0.39 is 6.10 Å². The Balaban J connectivity index is 1.34. The van der Waals surface area contributed by atoms with Crippen molar-refractivity contribution >= 4 is 11.6 Å². The molecule has 2 aliphatic rings. The fourth-order valence-corrected chi connectivity index (χ4v) is 4.90. The molecule has 2 atom stereocenters. The molecule has 1 heterocycles. The summed E-state index contributed by atoms with van der Waals surface area (Å²) in [6.07, 6.45) is 7.45. The second kappa shape index (κ2) is 10.4. The van der Waals surface area contributed by atoms with E-state index >= 15 is 0 Å². The Hall–Kier alpha value is -2.49. The van der Waals surface area contributed by atoms with Crippen LogP contribution in [0.5, 0.6) is 5.75 Å². The Morgan fingerprint density at radius 2 is 1.75 bits per heavy atom. The third-order valence-electron chi connectivity index (χ3n) is 7.16. The van der Waals surface area contributed by atoms with Crippen LogP contribution in [-0.4, -0.2) is 25.1 Å². The zero-order valence-corrected chi connectivity index (χ0v) is 19.9. The van der Waals surface area contributed by atoms with Crippen LogP contribution < -0.4 is 15.0 Å². The van der Waals surface area contributed by atoms with Crippen LogP contribution in [0.15, 0.2) is 42.5 Å². The summed E-state index contributed by atoms with van der Waals surface area (Å²) >= 11 is 0. The number of nitrogens with zero attached hydrogens (tertiary/aromatic N) is 1. The van der Waals surface area contributed by atoms with E-state index in [1.165, 1.54) is 42.5 Å². The molecule has 172 valence electrons. The maximum atomic E-state index is 13.0. The van der Waals surface area contributed by atoms with Crippen molar-refractivity contribution in [3.63, 3.8) is 0 Å². The topological polar surface area (TPSA) is 41.6 Å². The molecule has 4 nitrogen and oxygen atoms in total. The summed E-state index contributed by atoms with van der Waals surface area (Å²) in [4.78, 5) is 15.4. The van der Waals surface area contributed by atoms with Gasteiger partial charge < -0.3 is 15.0 Å². The summed E-state index contributed by atoms with van der Waals surface area (Å²) in [6, 6.07) is 14.9. The van der Waals surface area contributed by atoms with E-state index in [9.17, 15) is 4.79 Å². The van der Waals surface area contributed by atoms with Gasteiger partial charge in [-0.05, 0) is 98.7 Å². The van der Waals surface area contributed by atoms with E-state index in [4.69, 9.17) is 4.74 Å². The van der Waals surface area contributed by atoms with Crippen LogP contribution in [0.1, 0.15) is 75.6 Å². The number of carbonyl (C=O) groups excluding carboxylic acids is 1. The smallest absolute Gasteiger partial charge is 0.261 e. The molecule has 1 saturated heterocycles. The summed E-state index contributed by atoms with van der Waals surface area (Å²) in [5, 5.41) is 3.16. The number of fused-ring (bicyclic) bond motifs is 1. The molecule has 2 aromatic carbocycles. The molecule has 0 aromatic heterocycles. The number of aryl methyl sites for hydroxylation is 2. The monoisotopic (exact) mass is 434 g/mol. The summed E-state index contributed by atoms with van der Waals surface area (Å²) in [7, 11) is 0. The quantitative estimate of drug-likeness (QED) is 0.595. The van der Waals surface area contributed by atoms with Crippen LogP contribution in [0.2, 0.25) is 0 Å². The first-order valence-electron chi connectivity index (χ1n) is 12.5. The largest absolute Gasteiger partial charge is 0.481 e.